The Kier molecular flexibility index (Phi) is 1.56. The van der Waals surface area contributed by atoms with Gasteiger partial charge < -0.3 is 0 Å². The number of nitrogen functional groups attached to an aromatic ring is 1. The fourth-order valence-corrected chi connectivity index (χ4v) is 0.787. The van der Waals surface area contributed by atoms with Crippen LogP contribution in [0, 0.1) is 0 Å². The molecular weight excluding hydrogens is 165 g/mol. The van der Waals surface area contributed by atoms with Crippen molar-refractivity contribution in [2.45, 2.75) is 0 Å². The molecule has 0 aliphatic carbocycles. The Morgan fingerprint density at radius 2 is 1.62 bits per heavy atom. The number of benzene rings is 1. The van der Waals surface area contributed by atoms with Crippen LogP contribution < -0.4 is 10.2 Å². The molecule has 2 heteroatoms. The van der Waals surface area contributed by atoms with Crippen molar-refractivity contribution in [3.05, 3.63) is 24.3 Å². The van der Waals surface area contributed by atoms with Crippen LogP contribution in [0.25, 0.3) is 0 Å². The standard InChI is InChI=1S/C6H7NSe/c7-5-1-3-6(8)4-2-5/h1-4,8H,7H2. The van der Waals surface area contributed by atoms with Crippen LogP contribution in [0.4, 0.5) is 5.69 Å². The molecule has 1 rings (SSSR count). The number of hydrogen-bond acceptors (Lipinski definition) is 1. The van der Waals surface area contributed by atoms with Gasteiger partial charge in [0.05, 0.1) is 0 Å². The molecule has 0 saturated heterocycles. The van der Waals surface area contributed by atoms with Crippen molar-refractivity contribution in [3.63, 3.8) is 0 Å². The van der Waals surface area contributed by atoms with Gasteiger partial charge in [-0.15, -0.1) is 0 Å². The molecule has 0 spiro atoms. The number of nitrogens with two attached hydrogens (primary N) is 1. The van der Waals surface area contributed by atoms with E-state index in [0.29, 0.717) is 0 Å². The predicted molar refractivity (Wildman–Crippen MR) is 37.6 cm³/mol. The van der Waals surface area contributed by atoms with Crippen molar-refractivity contribution in [2.24, 2.45) is 0 Å². The van der Waals surface area contributed by atoms with E-state index in [-0.39, 0.29) is 0 Å². The molecule has 1 aromatic rings. The van der Waals surface area contributed by atoms with E-state index in [1.165, 1.54) is 4.46 Å². The van der Waals surface area contributed by atoms with E-state index in [1.807, 2.05) is 24.3 Å². The second kappa shape index (κ2) is 2.21. The van der Waals surface area contributed by atoms with E-state index in [0.717, 1.165) is 5.69 Å². The van der Waals surface area contributed by atoms with Gasteiger partial charge in [-0.3, -0.25) is 0 Å². The van der Waals surface area contributed by atoms with E-state index in [9.17, 15) is 0 Å². The predicted octanol–water partition coefficient (Wildman–Crippen LogP) is -0.205. The van der Waals surface area contributed by atoms with Gasteiger partial charge in [0.2, 0.25) is 0 Å². The summed E-state index contributed by atoms with van der Waals surface area (Å²) in [5.41, 5.74) is 6.24. The van der Waals surface area contributed by atoms with Crippen molar-refractivity contribution >= 4 is 26.2 Å². The van der Waals surface area contributed by atoms with Crippen LogP contribution in [0.2, 0.25) is 0 Å². The van der Waals surface area contributed by atoms with Crippen LogP contribution in [-0.2, 0) is 0 Å². The molecule has 0 amide bonds. The molecule has 0 aromatic heterocycles. The fourth-order valence-electron chi connectivity index (χ4n) is 0.474. The average Bonchev–Trinajstić information content (AvgIpc) is 1.77. The first-order valence-corrected chi connectivity index (χ1v) is 3.27. The zero-order chi connectivity index (χ0) is 5.98. The number of anilines is 1. The maximum absolute atomic E-state index is 5.42. The third kappa shape index (κ3) is 1.25. The van der Waals surface area contributed by atoms with Gasteiger partial charge in [0.1, 0.15) is 0 Å². The summed E-state index contributed by atoms with van der Waals surface area (Å²) in [4.78, 5) is 0. The molecule has 0 unspecified atom stereocenters. The molecule has 42 valence electrons. The van der Waals surface area contributed by atoms with E-state index >= 15 is 0 Å². The molecular formula is C6H7NSe. The maximum atomic E-state index is 5.42. The number of hydrogen-bond donors (Lipinski definition) is 1. The van der Waals surface area contributed by atoms with Crippen molar-refractivity contribution < 1.29 is 0 Å². The molecule has 1 aromatic carbocycles. The molecule has 2 N–H and O–H groups in total. The summed E-state index contributed by atoms with van der Waals surface area (Å²) in [6, 6.07) is 7.70. The second-order valence-corrected chi connectivity index (χ2v) is 2.67. The fraction of sp³-hybridized carbons (Fsp3) is 0. The van der Waals surface area contributed by atoms with Crippen LogP contribution in [0.1, 0.15) is 0 Å². The minimum absolute atomic E-state index is 0.819. The van der Waals surface area contributed by atoms with E-state index in [1.54, 1.807) is 0 Å². The van der Waals surface area contributed by atoms with Crippen molar-refractivity contribution in [1.82, 2.24) is 0 Å². The minimum atomic E-state index is 0.819. The molecule has 8 heavy (non-hydrogen) atoms. The molecule has 0 heterocycles. The summed E-state index contributed by atoms with van der Waals surface area (Å²) < 4.78 is 1.19. The topological polar surface area (TPSA) is 26.0 Å². The van der Waals surface area contributed by atoms with Crippen LogP contribution in [0.5, 0.6) is 0 Å². The second-order valence-electron chi connectivity index (χ2n) is 1.59. The normalized spacial score (nSPS) is 9.12. The first-order valence-electron chi connectivity index (χ1n) is 2.33. The quantitative estimate of drug-likeness (QED) is 0.425. The van der Waals surface area contributed by atoms with Gasteiger partial charge in [0.25, 0.3) is 0 Å². The Morgan fingerprint density at radius 3 is 2.00 bits per heavy atom. The third-order valence-corrected chi connectivity index (χ3v) is 1.52. The summed E-state index contributed by atoms with van der Waals surface area (Å²) in [5, 5.41) is 0. The Bertz CT molecular complexity index is 147. The van der Waals surface area contributed by atoms with Gasteiger partial charge in [-0.05, 0) is 0 Å². The molecule has 0 aliphatic heterocycles. The van der Waals surface area contributed by atoms with Gasteiger partial charge in [0, 0.05) is 0 Å². The zero-order valence-corrected chi connectivity index (χ0v) is 6.21. The first-order chi connectivity index (χ1) is 3.79. The van der Waals surface area contributed by atoms with Gasteiger partial charge in [-0.1, -0.05) is 0 Å². The zero-order valence-electron chi connectivity index (χ0n) is 4.33. The summed E-state index contributed by atoms with van der Waals surface area (Å²) in [7, 11) is 0. The number of rotatable bonds is 0. The molecule has 0 atom stereocenters. The molecule has 0 aliphatic rings. The Balaban J connectivity index is 3.03. The SMILES string of the molecule is Nc1ccc([SeH])cc1. The molecule has 0 saturated carbocycles. The van der Waals surface area contributed by atoms with Gasteiger partial charge >= 0.3 is 56.2 Å². The molecule has 0 fully saturated rings. The van der Waals surface area contributed by atoms with Crippen LogP contribution in [0.3, 0.4) is 0 Å². The van der Waals surface area contributed by atoms with Crippen LogP contribution in [-0.4, -0.2) is 16.0 Å². The molecule has 0 bridgehead atoms. The first kappa shape index (κ1) is 5.67. The summed E-state index contributed by atoms with van der Waals surface area (Å²) in [6.45, 7) is 0. The van der Waals surface area contributed by atoms with Crippen LogP contribution in [0.15, 0.2) is 24.3 Å². The van der Waals surface area contributed by atoms with Gasteiger partial charge in [0.15, 0.2) is 0 Å². The third-order valence-electron chi connectivity index (χ3n) is 0.893. The van der Waals surface area contributed by atoms with E-state index in [4.69, 9.17) is 5.73 Å². The van der Waals surface area contributed by atoms with Gasteiger partial charge in [-0.2, -0.15) is 0 Å². The summed E-state index contributed by atoms with van der Waals surface area (Å²) in [5.74, 6) is 0. The molecule has 1 nitrogen and oxygen atoms in total. The van der Waals surface area contributed by atoms with Crippen molar-refractivity contribution in [3.8, 4) is 0 Å². The molecule has 0 radical (unpaired) electrons. The summed E-state index contributed by atoms with van der Waals surface area (Å²) in [6.07, 6.45) is 0. The van der Waals surface area contributed by atoms with Gasteiger partial charge in [-0.25, -0.2) is 0 Å². The Morgan fingerprint density at radius 1 is 1.12 bits per heavy atom. The Labute approximate surface area is 56.7 Å². The summed E-state index contributed by atoms with van der Waals surface area (Å²) >= 11 is 2.46. The van der Waals surface area contributed by atoms with E-state index < -0.39 is 0 Å². The van der Waals surface area contributed by atoms with E-state index in [2.05, 4.69) is 16.0 Å². The van der Waals surface area contributed by atoms with Crippen molar-refractivity contribution in [1.29, 1.82) is 0 Å². The monoisotopic (exact) mass is 173 g/mol. The Hall–Kier alpha value is -0.461. The van der Waals surface area contributed by atoms with Crippen molar-refractivity contribution in [2.75, 3.05) is 5.73 Å². The van der Waals surface area contributed by atoms with Crippen LogP contribution >= 0.6 is 0 Å². The average molecular weight is 172 g/mol.